The first kappa shape index (κ1) is 21.3. The number of esters is 1. The number of nitrogens with zero attached hydrogens (tertiary/aromatic N) is 1. The average Bonchev–Trinajstić information content (AvgIpc) is 2.71. The van der Waals surface area contributed by atoms with Crippen molar-refractivity contribution in [3.63, 3.8) is 0 Å². The molecule has 2 rings (SSSR count). The highest BCUT2D eigenvalue weighted by molar-refractivity contribution is 5.81. The Morgan fingerprint density at radius 3 is 2.39 bits per heavy atom. The largest absolute Gasteiger partial charge is 0.493 e. The summed E-state index contributed by atoms with van der Waals surface area (Å²) in [6, 6.07) is 6.85. The van der Waals surface area contributed by atoms with E-state index < -0.39 is 5.97 Å². The Bertz CT molecular complexity index is 672. The van der Waals surface area contributed by atoms with Gasteiger partial charge in [0.05, 0.1) is 13.7 Å². The van der Waals surface area contributed by atoms with Gasteiger partial charge in [0, 0.05) is 19.1 Å². The van der Waals surface area contributed by atoms with Gasteiger partial charge >= 0.3 is 12.1 Å². The lowest BCUT2D eigenvalue weighted by molar-refractivity contribution is -0.150. The van der Waals surface area contributed by atoms with Crippen LogP contribution in [0.15, 0.2) is 24.3 Å². The molecule has 0 bridgehead atoms. The maximum Gasteiger partial charge on any atom is 0.409 e. The summed E-state index contributed by atoms with van der Waals surface area (Å²) in [6.45, 7) is 2.40. The van der Waals surface area contributed by atoms with Crippen molar-refractivity contribution in [2.75, 3.05) is 40.0 Å². The minimum Gasteiger partial charge on any atom is -0.493 e. The van der Waals surface area contributed by atoms with Crippen molar-refractivity contribution in [2.24, 2.45) is 0 Å². The van der Waals surface area contributed by atoms with Gasteiger partial charge in [0.2, 0.25) is 0 Å². The summed E-state index contributed by atoms with van der Waals surface area (Å²) >= 11 is 0. The van der Waals surface area contributed by atoms with Crippen LogP contribution in [-0.2, 0) is 19.1 Å². The molecule has 1 fully saturated rings. The zero-order chi connectivity index (χ0) is 20.4. The molecule has 0 aromatic heterocycles. The molecule has 1 aliphatic rings. The fourth-order valence-corrected chi connectivity index (χ4v) is 2.75. The molecule has 2 amide bonds. The highest BCUT2D eigenvalue weighted by atomic mass is 16.6. The van der Waals surface area contributed by atoms with E-state index in [4.69, 9.17) is 18.9 Å². The van der Waals surface area contributed by atoms with Gasteiger partial charge in [0.15, 0.2) is 24.7 Å². The Balaban J connectivity index is 1.64. The predicted molar refractivity (Wildman–Crippen MR) is 99.2 cm³/mol. The average molecular weight is 394 g/mol. The number of amides is 2. The van der Waals surface area contributed by atoms with Crippen LogP contribution in [-0.4, -0.2) is 68.9 Å². The molecule has 0 atom stereocenters. The van der Waals surface area contributed by atoms with Gasteiger partial charge in [0.1, 0.15) is 0 Å². The van der Waals surface area contributed by atoms with Gasteiger partial charge < -0.3 is 29.2 Å². The molecule has 9 nitrogen and oxygen atoms in total. The van der Waals surface area contributed by atoms with E-state index in [9.17, 15) is 14.4 Å². The molecule has 0 saturated carbocycles. The number of hydrogen-bond donors (Lipinski definition) is 1. The zero-order valence-corrected chi connectivity index (χ0v) is 16.1. The molecule has 1 aliphatic heterocycles. The van der Waals surface area contributed by atoms with Gasteiger partial charge in [-0.1, -0.05) is 12.1 Å². The number of nitrogens with one attached hydrogen (secondary N) is 1. The van der Waals surface area contributed by atoms with Crippen LogP contribution in [0.4, 0.5) is 4.79 Å². The van der Waals surface area contributed by atoms with Gasteiger partial charge in [-0.25, -0.2) is 9.59 Å². The number of hydrogen-bond acceptors (Lipinski definition) is 7. The summed E-state index contributed by atoms with van der Waals surface area (Å²) in [4.78, 5) is 37.0. The molecular formula is C19H26N2O7. The SMILES string of the molecule is CCOC(=O)N1CCC(NC(=O)COC(=O)COc2ccccc2OC)CC1. The van der Waals surface area contributed by atoms with Gasteiger partial charge in [-0.15, -0.1) is 0 Å². The predicted octanol–water partition coefficient (Wildman–Crippen LogP) is 1.35. The zero-order valence-electron chi connectivity index (χ0n) is 16.1. The van der Waals surface area contributed by atoms with Crippen molar-refractivity contribution in [3.05, 3.63) is 24.3 Å². The lowest BCUT2D eigenvalue weighted by Gasteiger charge is -2.31. The molecule has 154 valence electrons. The molecule has 0 unspecified atom stereocenters. The van der Waals surface area contributed by atoms with Crippen molar-refractivity contribution in [3.8, 4) is 11.5 Å². The fraction of sp³-hybridized carbons (Fsp3) is 0.526. The molecule has 9 heteroatoms. The van der Waals surface area contributed by atoms with Gasteiger partial charge in [-0.05, 0) is 31.9 Å². The smallest absolute Gasteiger partial charge is 0.409 e. The van der Waals surface area contributed by atoms with Crippen LogP contribution in [0.1, 0.15) is 19.8 Å². The first-order valence-corrected chi connectivity index (χ1v) is 9.16. The number of piperidine rings is 1. The number of carbonyl (C=O) groups excluding carboxylic acids is 3. The minimum absolute atomic E-state index is 0.0679. The van der Waals surface area contributed by atoms with Crippen LogP contribution in [0.5, 0.6) is 11.5 Å². The molecule has 0 spiro atoms. The van der Waals surface area contributed by atoms with E-state index in [2.05, 4.69) is 5.32 Å². The lowest BCUT2D eigenvalue weighted by atomic mass is 10.1. The molecule has 1 saturated heterocycles. The molecule has 0 aliphatic carbocycles. The summed E-state index contributed by atoms with van der Waals surface area (Å²) in [5, 5.41) is 2.80. The molecule has 1 aromatic rings. The van der Waals surface area contributed by atoms with Gasteiger partial charge in [-0.3, -0.25) is 4.79 Å². The second-order valence-corrected chi connectivity index (χ2v) is 6.13. The summed E-state index contributed by atoms with van der Waals surface area (Å²) in [5.41, 5.74) is 0. The minimum atomic E-state index is -0.654. The third kappa shape index (κ3) is 6.64. The van der Waals surface area contributed by atoms with E-state index in [0.29, 0.717) is 44.0 Å². The van der Waals surface area contributed by atoms with E-state index >= 15 is 0 Å². The van der Waals surface area contributed by atoms with E-state index in [1.165, 1.54) is 7.11 Å². The third-order valence-corrected chi connectivity index (χ3v) is 4.16. The maximum atomic E-state index is 12.0. The maximum absolute atomic E-state index is 12.0. The lowest BCUT2D eigenvalue weighted by Crippen LogP contribution is -2.47. The molecule has 1 aromatic carbocycles. The Hall–Kier alpha value is -2.97. The van der Waals surface area contributed by atoms with Gasteiger partial charge in [0.25, 0.3) is 5.91 Å². The number of ether oxygens (including phenoxy) is 4. The van der Waals surface area contributed by atoms with Crippen molar-refractivity contribution in [1.29, 1.82) is 0 Å². The second-order valence-electron chi connectivity index (χ2n) is 6.13. The fourth-order valence-electron chi connectivity index (χ4n) is 2.75. The third-order valence-electron chi connectivity index (χ3n) is 4.16. The highest BCUT2D eigenvalue weighted by Gasteiger charge is 2.24. The first-order chi connectivity index (χ1) is 13.5. The molecule has 28 heavy (non-hydrogen) atoms. The van der Waals surface area contributed by atoms with E-state index in [1.807, 2.05) is 0 Å². The normalized spacial score (nSPS) is 14.1. The Labute approximate surface area is 163 Å². The number of rotatable bonds is 8. The van der Waals surface area contributed by atoms with Crippen LogP contribution in [0.2, 0.25) is 0 Å². The van der Waals surface area contributed by atoms with Crippen molar-refractivity contribution >= 4 is 18.0 Å². The van der Waals surface area contributed by atoms with Crippen LogP contribution < -0.4 is 14.8 Å². The highest BCUT2D eigenvalue weighted by Crippen LogP contribution is 2.25. The summed E-state index contributed by atoms with van der Waals surface area (Å²) < 4.78 is 20.4. The van der Waals surface area contributed by atoms with Crippen molar-refractivity contribution < 1.29 is 33.3 Å². The molecule has 1 heterocycles. The van der Waals surface area contributed by atoms with E-state index in [-0.39, 0.29) is 31.3 Å². The quantitative estimate of drug-likeness (QED) is 0.664. The van der Waals surface area contributed by atoms with Crippen LogP contribution in [0.3, 0.4) is 0 Å². The van der Waals surface area contributed by atoms with Gasteiger partial charge in [-0.2, -0.15) is 0 Å². The van der Waals surface area contributed by atoms with Crippen molar-refractivity contribution in [2.45, 2.75) is 25.8 Å². The van der Waals surface area contributed by atoms with Crippen LogP contribution >= 0.6 is 0 Å². The number of carbonyl (C=O) groups is 3. The monoisotopic (exact) mass is 394 g/mol. The molecular weight excluding hydrogens is 368 g/mol. The Kier molecular flexibility index (Phi) is 8.38. The first-order valence-electron chi connectivity index (χ1n) is 9.16. The second kappa shape index (κ2) is 11.0. The summed E-state index contributed by atoms with van der Waals surface area (Å²) in [5.74, 6) is -0.125. The summed E-state index contributed by atoms with van der Waals surface area (Å²) in [6.07, 6.45) is 0.904. The number of methoxy groups -OCH3 is 1. The molecule has 1 N–H and O–H groups in total. The van der Waals surface area contributed by atoms with Crippen LogP contribution in [0, 0.1) is 0 Å². The summed E-state index contributed by atoms with van der Waals surface area (Å²) in [7, 11) is 1.50. The van der Waals surface area contributed by atoms with E-state index in [1.54, 1.807) is 36.1 Å². The van der Waals surface area contributed by atoms with Crippen molar-refractivity contribution in [1.82, 2.24) is 10.2 Å². The Morgan fingerprint density at radius 2 is 1.75 bits per heavy atom. The number of likely N-dealkylation sites (tertiary alicyclic amines) is 1. The molecule has 0 radical (unpaired) electrons. The number of benzene rings is 1. The topological polar surface area (TPSA) is 103 Å². The van der Waals surface area contributed by atoms with E-state index in [0.717, 1.165) is 0 Å². The Morgan fingerprint density at radius 1 is 1.07 bits per heavy atom. The van der Waals surface area contributed by atoms with Crippen LogP contribution in [0.25, 0.3) is 0 Å². The standard InChI is InChI=1S/C19H26N2O7/c1-3-26-19(24)21-10-8-14(9-11-21)20-17(22)12-28-18(23)13-27-16-7-5-4-6-15(16)25-2/h4-7,14H,3,8-13H2,1-2H3,(H,20,22). The number of para-hydroxylation sites is 2.